The molecule has 3 rings (SSSR count). The van der Waals surface area contributed by atoms with E-state index in [1.54, 1.807) is 0 Å². The van der Waals surface area contributed by atoms with Crippen molar-refractivity contribution in [3.8, 4) is 0 Å². The number of para-hydroxylation sites is 1. The number of hydrogen-bond acceptors (Lipinski definition) is 1. The summed E-state index contributed by atoms with van der Waals surface area (Å²) < 4.78 is 2.00. The number of fused-ring (bicyclic) bond motifs is 1. The fraction of sp³-hybridized carbons (Fsp3) is 0.350. The van der Waals surface area contributed by atoms with Gasteiger partial charge in [0.1, 0.15) is 6.04 Å². The number of benzene rings is 1. The van der Waals surface area contributed by atoms with Crippen molar-refractivity contribution in [2.24, 2.45) is 5.92 Å². The van der Waals surface area contributed by atoms with Crippen molar-refractivity contribution in [2.45, 2.75) is 32.7 Å². The van der Waals surface area contributed by atoms with Gasteiger partial charge in [0.15, 0.2) is 0 Å². The Labute approximate surface area is 142 Å². The van der Waals surface area contributed by atoms with Gasteiger partial charge in [-0.2, -0.15) is 0 Å². The van der Waals surface area contributed by atoms with Gasteiger partial charge < -0.3 is 14.9 Å². The van der Waals surface area contributed by atoms with Crippen molar-refractivity contribution in [1.82, 2.24) is 14.9 Å². The van der Waals surface area contributed by atoms with Gasteiger partial charge in [-0.3, -0.25) is 4.79 Å². The average Bonchev–Trinajstić information content (AvgIpc) is 3.22. The van der Waals surface area contributed by atoms with E-state index >= 15 is 0 Å². The molecule has 0 spiro atoms. The smallest absolute Gasteiger partial charge is 0.243 e. The second-order valence-corrected chi connectivity index (χ2v) is 6.68. The minimum atomic E-state index is -0.136. The summed E-state index contributed by atoms with van der Waals surface area (Å²) in [6.07, 6.45) is 7.64. The number of hydrogen-bond donors (Lipinski definition) is 2. The Bertz CT molecular complexity index is 786. The number of aromatic nitrogens is 2. The van der Waals surface area contributed by atoms with Gasteiger partial charge in [-0.15, -0.1) is 0 Å². The maximum atomic E-state index is 12.6. The molecule has 2 heterocycles. The van der Waals surface area contributed by atoms with Crippen LogP contribution in [0.4, 0.5) is 0 Å². The Morgan fingerprint density at radius 3 is 2.67 bits per heavy atom. The fourth-order valence-corrected chi connectivity index (χ4v) is 3.14. The van der Waals surface area contributed by atoms with Crippen molar-refractivity contribution < 1.29 is 4.79 Å². The maximum absolute atomic E-state index is 12.6. The Balaban J connectivity index is 1.61. The molecule has 0 radical (unpaired) electrons. The van der Waals surface area contributed by atoms with Crippen LogP contribution in [0.2, 0.25) is 0 Å². The number of amides is 1. The first-order valence-corrected chi connectivity index (χ1v) is 8.60. The highest BCUT2D eigenvalue weighted by Crippen LogP contribution is 2.19. The lowest BCUT2D eigenvalue weighted by atomic mass is 10.0. The highest BCUT2D eigenvalue weighted by molar-refractivity contribution is 5.83. The minimum Gasteiger partial charge on any atom is -0.361 e. The van der Waals surface area contributed by atoms with Gasteiger partial charge in [-0.05, 0) is 42.5 Å². The van der Waals surface area contributed by atoms with E-state index in [0.29, 0.717) is 12.5 Å². The molecule has 0 fully saturated rings. The molecule has 0 bridgehead atoms. The predicted octanol–water partition coefficient (Wildman–Crippen LogP) is 3.92. The zero-order valence-corrected chi connectivity index (χ0v) is 14.3. The standard InChI is InChI=1S/C20H25N3O/c1-15(2)13-19(23-11-5-6-12-23)20(24)21-10-9-16-14-22-18-8-4-3-7-17(16)18/h3-8,11-12,14-15,19,22H,9-10,13H2,1-2H3,(H,21,24)/t19-/m0/s1. The average molecular weight is 323 g/mol. The monoisotopic (exact) mass is 323 g/mol. The van der Waals surface area contributed by atoms with E-state index in [9.17, 15) is 4.79 Å². The number of nitrogens with one attached hydrogen (secondary N) is 2. The summed E-state index contributed by atoms with van der Waals surface area (Å²) in [6.45, 7) is 4.95. The van der Waals surface area contributed by atoms with E-state index in [1.165, 1.54) is 10.9 Å². The van der Waals surface area contributed by atoms with E-state index in [2.05, 4.69) is 36.3 Å². The van der Waals surface area contributed by atoms with Crippen LogP contribution in [-0.2, 0) is 11.2 Å². The molecule has 4 nitrogen and oxygen atoms in total. The van der Waals surface area contributed by atoms with Gasteiger partial charge in [-0.1, -0.05) is 32.0 Å². The number of aromatic amines is 1. The van der Waals surface area contributed by atoms with Crippen molar-refractivity contribution in [3.05, 3.63) is 60.6 Å². The molecule has 0 saturated heterocycles. The summed E-state index contributed by atoms with van der Waals surface area (Å²) in [5.41, 5.74) is 2.39. The van der Waals surface area contributed by atoms with Gasteiger partial charge in [0.2, 0.25) is 5.91 Å². The van der Waals surface area contributed by atoms with Gasteiger partial charge in [-0.25, -0.2) is 0 Å². The third-order valence-corrected chi connectivity index (χ3v) is 4.35. The lowest BCUT2D eigenvalue weighted by Crippen LogP contribution is -2.34. The van der Waals surface area contributed by atoms with Gasteiger partial charge in [0, 0.05) is 36.0 Å². The lowest BCUT2D eigenvalue weighted by Gasteiger charge is -2.20. The van der Waals surface area contributed by atoms with Crippen LogP contribution >= 0.6 is 0 Å². The topological polar surface area (TPSA) is 49.8 Å². The zero-order chi connectivity index (χ0) is 16.9. The summed E-state index contributed by atoms with van der Waals surface area (Å²) in [4.78, 5) is 15.9. The Hall–Kier alpha value is -2.49. The largest absolute Gasteiger partial charge is 0.361 e. The van der Waals surface area contributed by atoms with Crippen LogP contribution in [0.1, 0.15) is 31.9 Å². The molecule has 1 atom stereocenters. The Kier molecular flexibility index (Phi) is 5.04. The molecule has 1 amide bonds. The van der Waals surface area contributed by atoms with Crippen LogP contribution in [0.3, 0.4) is 0 Å². The lowest BCUT2D eigenvalue weighted by molar-refractivity contribution is -0.124. The first-order chi connectivity index (χ1) is 11.6. The Morgan fingerprint density at radius 2 is 1.92 bits per heavy atom. The molecule has 0 aliphatic rings. The number of nitrogens with zero attached hydrogens (tertiary/aromatic N) is 1. The van der Waals surface area contributed by atoms with Crippen LogP contribution < -0.4 is 5.32 Å². The molecule has 0 unspecified atom stereocenters. The molecule has 0 aliphatic carbocycles. The van der Waals surface area contributed by atoms with Crippen molar-refractivity contribution in [3.63, 3.8) is 0 Å². The van der Waals surface area contributed by atoms with Crippen molar-refractivity contribution in [2.75, 3.05) is 6.54 Å². The van der Waals surface area contributed by atoms with E-state index < -0.39 is 0 Å². The van der Waals surface area contributed by atoms with Crippen LogP contribution in [0.25, 0.3) is 10.9 Å². The summed E-state index contributed by atoms with van der Waals surface area (Å²) >= 11 is 0. The number of rotatable bonds is 7. The second kappa shape index (κ2) is 7.39. The van der Waals surface area contributed by atoms with Crippen LogP contribution in [0.15, 0.2) is 55.0 Å². The van der Waals surface area contributed by atoms with E-state index in [0.717, 1.165) is 18.4 Å². The zero-order valence-electron chi connectivity index (χ0n) is 14.3. The predicted molar refractivity (Wildman–Crippen MR) is 97.9 cm³/mol. The molecule has 0 saturated carbocycles. The van der Waals surface area contributed by atoms with E-state index in [1.807, 2.05) is 47.4 Å². The number of H-pyrrole nitrogens is 1. The van der Waals surface area contributed by atoms with Crippen molar-refractivity contribution >= 4 is 16.8 Å². The maximum Gasteiger partial charge on any atom is 0.243 e. The summed E-state index contributed by atoms with van der Waals surface area (Å²) in [5, 5.41) is 4.34. The molecular formula is C20H25N3O. The first-order valence-electron chi connectivity index (χ1n) is 8.60. The third-order valence-electron chi connectivity index (χ3n) is 4.35. The quantitative estimate of drug-likeness (QED) is 0.680. The molecule has 126 valence electrons. The summed E-state index contributed by atoms with van der Waals surface area (Å²) in [6, 6.07) is 12.1. The van der Waals surface area contributed by atoms with Gasteiger partial charge in [0.25, 0.3) is 0 Å². The Morgan fingerprint density at radius 1 is 1.17 bits per heavy atom. The third kappa shape index (κ3) is 3.70. The molecule has 3 aromatic rings. The van der Waals surface area contributed by atoms with E-state index in [-0.39, 0.29) is 11.9 Å². The van der Waals surface area contributed by atoms with Crippen LogP contribution in [0.5, 0.6) is 0 Å². The van der Waals surface area contributed by atoms with Gasteiger partial charge >= 0.3 is 0 Å². The highest BCUT2D eigenvalue weighted by Gasteiger charge is 2.20. The highest BCUT2D eigenvalue weighted by atomic mass is 16.2. The first kappa shape index (κ1) is 16.4. The van der Waals surface area contributed by atoms with Crippen LogP contribution in [-0.4, -0.2) is 22.0 Å². The summed E-state index contributed by atoms with van der Waals surface area (Å²) in [7, 11) is 0. The minimum absolute atomic E-state index is 0.0970. The molecule has 4 heteroatoms. The van der Waals surface area contributed by atoms with Crippen LogP contribution in [0, 0.1) is 5.92 Å². The van der Waals surface area contributed by atoms with E-state index in [4.69, 9.17) is 0 Å². The molecule has 2 N–H and O–H groups in total. The SMILES string of the molecule is CC(C)C[C@@H](C(=O)NCCc1c[nH]c2ccccc12)n1cccc1. The molecule has 1 aromatic carbocycles. The van der Waals surface area contributed by atoms with Gasteiger partial charge in [0.05, 0.1) is 0 Å². The molecule has 24 heavy (non-hydrogen) atoms. The number of carbonyl (C=O) groups excluding carboxylic acids is 1. The van der Waals surface area contributed by atoms with Crippen molar-refractivity contribution in [1.29, 1.82) is 0 Å². The number of carbonyl (C=O) groups is 1. The normalized spacial score (nSPS) is 12.6. The molecule has 0 aliphatic heterocycles. The second-order valence-electron chi connectivity index (χ2n) is 6.68. The molecule has 2 aromatic heterocycles. The summed E-state index contributed by atoms with van der Waals surface area (Å²) in [5.74, 6) is 0.566. The molecular weight excluding hydrogens is 298 g/mol. The fourth-order valence-electron chi connectivity index (χ4n) is 3.14.